The number of nitrogens with zero attached hydrogens (tertiary/aromatic N) is 2. The van der Waals surface area contributed by atoms with Crippen LogP contribution in [0.3, 0.4) is 0 Å². The summed E-state index contributed by atoms with van der Waals surface area (Å²) in [6.07, 6.45) is 1.68. The van der Waals surface area contributed by atoms with Crippen LogP contribution in [0, 0.1) is 11.3 Å². The molecule has 0 radical (unpaired) electrons. The van der Waals surface area contributed by atoms with Gasteiger partial charge in [-0.1, -0.05) is 19.4 Å². The fourth-order valence-electron chi connectivity index (χ4n) is 1.75. The van der Waals surface area contributed by atoms with Crippen molar-refractivity contribution in [2.45, 2.75) is 29.8 Å². The highest BCUT2D eigenvalue weighted by Crippen LogP contribution is 2.31. The highest BCUT2D eigenvalue weighted by atomic mass is 32.2. The van der Waals surface area contributed by atoms with Gasteiger partial charge in [0.15, 0.2) is 5.16 Å². The van der Waals surface area contributed by atoms with Crippen LogP contribution in [0.1, 0.15) is 24.6 Å². The zero-order valence-electron chi connectivity index (χ0n) is 11.0. The van der Waals surface area contributed by atoms with Crippen LogP contribution in [0.2, 0.25) is 0 Å². The third-order valence-electron chi connectivity index (χ3n) is 2.67. The largest absolute Gasteiger partial charge is 0.397 e. The van der Waals surface area contributed by atoms with Crippen molar-refractivity contribution in [3.8, 4) is 6.07 Å². The molecule has 0 spiro atoms. The molecule has 20 heavy (non-hydrogen) atoms. The lowest BCUT2D eigenvalue weighted by molar-refractivity contribution is 0.816. The molecule has 0 aliphatic heterocycles. The van der Waals surface area contributed by atoms with Crippen molar-refractivity contribution in [1.82, 2.24) is 9.97 Å². The van der Waals surface area contributed by atoms with Crippen molar-refractivity contribution in [3.05, 3.63) is 45.9 Å². The molecule has 3 N–H and O–H groups in total. The van der Waals surface area contributed by atoms with Gasteiger partial charge in [0.25, 0.3) is 5.56 Å². The van der Waals surface area contributed by atoms with Gasteiger partial charge < -0.3 is 10.7 Å². The van der Waals surface area contributed by atoms with Crippen LogP contribution in [0.15, 0.2) is 39.1 Å². The first-order chi connectivity index (χ1) is 9.63. The number of anilines is 1. The molecule has 0 saturated heterocycles. The van der Waals surface area contributed by atoms with E-state index in [4.69, 9.17) is 11.0 Å². The second-order valence-corrected chi connectivity index (χ2v) is 5.25. The molecule has 1 heterocycles. The molecule has 0 fully saturated rings. The summed E-state index contributed by atoms with van der Waals surface area (Å²) < 4.78 is 0. The minimum absolute atomic E-state index is 0.180. The number of nitriles is 1. The molecule has 0 amide bonds. The first kappa shape index (κ1) is 14.2. The third kappa shape index (κ3) is 3.19. The Morgan fingerprint density at radius 1 is 1.50 bits per heavy atom. The Balaban J connectivity index is 2.35. The Labute approximate surface area is 120 Å². The number of rotatable bonds is 4. The first-order valence-corrected chi connectivity index (χ1v) is 7.02. The summed E-state index contributed by atoms with van der Waals surface area (Å²) in [4.78, 5) is 19.4. The number of aryl methyl sites for hydroxylation is 1. The molecule has 0 unspecified atom stereocenters. The number of nitrogen functional groups attached to an aromatic ring is 1. The van der Waals surface area contributed by atoms with Crippen LogP contribution in [-0.4, -0.2) is 9.97 Å². The number of aromatic amines is 1. The summed E-state index contributed by atoms with van der Waals surface area (Å²) in [5.41, 5.74) is 7.32. The summed E-state index contributed by atoms with van der Waals surface area (Å²) in [7, 11) is 0. The van der Waals surface area contributed by atoms with Gasteiger partial charge in [-0.3, -0.25) is 4.79 Å². The van der Waals surface area contributed by atoms with E-state index in [2.05, 4.69) is 9.97 Å². The van der Waals surface area contributed by atoms with Crippen LogP contribution in [0.4, 0.5) is 5.69 Å². The molecular formula is C14H14N4OS. The second-order valence-electron chi connectivity index (χ2n) is 4.22. The third-order valence-corrected chi connectivity index (χ3v) is 3.63. The highest BCUT2D eigenvalue weighted by molar-refractivity contribution is 7.99. The molecule has 0 aliphatic carbocycles. The van der Waals surface area contributed by atoms with Crippen molar-refractivity contribution in [2.75, 3.05) is 5.73 Å². The van der Waals surface area contributed by atoms with Crippen molar-refractivity contribution < 1.29 is 0 Å². The maximum Gasteiger partial charge on any atom is 0.251 e. The van der Waals surface area contributed by atoms with Gasteiger partial charge in [0.2, 0.25) is 0 Å². The zero-order chi connectivity index (χ0) is 14.5. The monoisotopic (exact) mass is 286 g/mol. The SMILES string of the molecule is CCCc1cc(=O)[nH]c(Sc2cccc(C#N)c2N)n1. The van der Waals surface area contributed by atoms with Gasteiger partial charge in [-0.05, 0) is 30.3 Å². The van der Waals surface area contributed by atoms with E-state index >= 15 is 0 Å². The lowest BCUT2D eigenvalue weighted by atomic mass is 10.2. The molecule has 2 aromatic rings. The van der Waals surface area contributed by atoms with Crippen molar-refractivity contribution in [3.63, 3.8) is 0 Å². The number of para-hydroxylation sites is 1. The van der Waals surface area contributed by atoms with Crippen molar-refractivity contribution in [2.24, 2.45) is 0 Å². The molecule has 6 heteroatoms. The van der Waals surface area contributed by atoms with Gasteiger partial charge in [0.1, 0.15) is 6.07 Å². The molecule has 1 aromatic heterocycles. The topological polar surface area (TPSA) is 95.6 Å². The van der Waals surface area contributed by atoms with E-state index in [0.717, 1.165) is 18.5 Å². The molecule has 1 aromatic carbocycles. The summed E-state index contributed by atoms with van der Waals surface area (Å²) in [6.45, 7) is 2.03. The number of aromatic nitrogens is 2. The Morgan fingerprint density at radius 2 is 2.30 bits per heavy atom. The molecule has 0 saturated carbocycles. The lowest BCUT2D eigenvalue weighted by Crippen LogP contribution is -2.10. The van der Waals surface area contributed by atoms with Crippen LogP contribution in [-0.2, 0) is 6.42 Å². The van der Waals surface area contributed by atoms with Gasteiger partial charge in [0.05, 0.1) is 11.3 Å². The molecular weight excluding hydrogens is 272 g/mol. The predicted molar refractivity (Wildman–Crippen MR) is 78.5 cm³/mol. The zero-order valence-corrected chi connectivity index (χ0v) is 11.8. The summed E-state index contributed by atoms with van der Waals surface area (Å²) in [5.74, 6) is 0. The van der Waals surface area contributed by atoms with Crippen molar-refractivity contribution >= 4 is 17.4 Å². The number of nitrogens with two attached hydrogens (primary N) is 1. The molecule has 2 rings (SSSR count). The van der Waals surface area contributed by atoms with Gasteiger partial charge in [-0.25, -0.2) is 4.98 Å². The van der Waals surface area contributed by atoms with E-state index < -0.39 is 0 Å². The van der Waals surface area contributed by atoms with E-state index in [9.17, 15) is 4.79 Å². The van der Waals surface area contributed by atoms with Crippen LogP contribution in [0.25, 0.3) is 0 Å². The number of hydrogen-bond acceptors (Lipinski definition) is 5. The Bertz CT molecular complexity index is 718. The first-order valence-electron chi connectivity index (χ1n) is 6.20. The molecule has 0 aliphatic rings. The van der Waals surface area contributed by atoms with E-state index in [1.54, 1.807) is 18.2 Å². The van der Waals surface area contributed by atoms with Crippen LogP contribution >= 0.6 is 11.8 Å². The van der Waals surface area contributed by atoms with Crippen LogP contribution in [0.5, 0.6) is 0 Å². The van der Waals surface area contributed by atoms with Gasteiger partial charge in [-0.2, -0.15) is 5.26 Å². The standard InChI is InChI=1S/C14H14N4OS/c1-2-4-10-7-12(19)18-14(17-10)20-11-6-3-5-9(8-15)13(11)16/h3,5-7H,2,4,16H2,1H3,(H,17,18,19). The van der Waals surface area contributed by atoms with E-state index in [0.29, 0.717) is 21.3 Å². The maximum atomic E-state index is 11.6. The Hall–Kier alpha value is -2.26. The number of benzene rings is 1. The fourth-order valence-corrected chi connectivity index (χ4v) is 2.64. The number of H-pyrrole nitrogens is 1. The van der Waals surface area contributed by atoms with E-state index in [-0.39, 0.29) is 5.56 Å². The summed E-state index contributed by atoms with van der Waals surface area (Å²) >= 11 is 1.26. The van der Waals surface area contributed by atoms with Crippen LogP contribution < -0.4 is 11.3 Å². The molecule has 0 atom stereocenters. The smallest absolute Gasteiger partial charge is 0.251 e. The van der Waals surface area contributed by atoms with Gasteiger partial charge >= 0.3 is 0 Å². The minimum atomic E-state index is -0.180. The number of hydrogen-bond donors (Lipinski definition) is 2. The Morgan fingerprint density at radius 3 is 3.00 bits per heavy atom. The minimum Gasteiger partial charge on any atom is -0.397 e. The van der Waals surface area contributed by atoms with Gasteiger partial charge in [-0.15, -0.1) is 0 Å². The van der Waals surface area contributed by atoms with E-state index in [1.165, 1.54) is 17.8 Å². The van der Waals surface area contributed by atoms with Gasteiger partial charge in [0, 0.05) is 16.7 Å². The predicted octanol–water partition coefficient (Wildman–Crippen LogP) is 2.33. The summed E-state index contributed by atoms with van der Waals surface area (Å²) in [6, 6.07) is 8.75. The average molecular weight is 286 g/mol. The molecule has 5 nitrogen and oxygen atoms in total. The Kier molecular flexibility index (Phi) is 4.43. The van der Waals surface area contributed by atoms with E-state index in [1.807, 2.05) is 13.0 Å². The highest BCUT2D eigenvalue weighted by Gasteiger charge is 2.08. The lowest BCUT2D eigenvalue weighted by Gasteiger charge is -2.06. The normalized spacial score (nSPS) is 10.2. The fraction of sp³-hybridized carbons (Fsp3) is 0.214. The quantitative estimate of drug-likeness (QED) is 0.664. The van der Waals surface area contributed by atoms with Crippen molar-refractivity contribution in [1.29, 1.82) is 5.26 Å². The summed E-state index contributed by atoms with van der Waals surface area (Å²) in [5, 5.41) is 9.44. The average Bonchev–Trinajstić information content (AvgIpc) is 2.41. The maximum absolute atomic E-state index is 11.6. The molecule has 102 valence electrons. The molecule has 0 bridgehead atoms. The number of nitrogens with one attached hydrogen (secondary N) is 1. The second kappa shape index (κ2) is 6.26.